The van der Waals surface area contributed by atoms with Gasteiger partial charge in [0, 0.05) is 18.0 Å². The zero-order valence-electron chi connectivity index (χ0n) is 8.23. The van der Waals surface area contributed by atoms with Gasteiger partial charge in [0.15, 0.2) is 5.71 Å². The maximum Gasteiger partial charge on any atom is 0.433 e. The molecule has 2 heterocycles. The van der Waals surface area contributed by atoms with E-state index in [-0.39, 0.29) is 0 Å². The number of hydrogen-bond donors (Lipinski definition) is 0. The number of aryl methyl sites for hydroxylation is 1. The molecule has 0 saturated carbocycles. The first kappa shape index (κ1) is 10.7. The molecule has 0 N–H and O–H groups in total. The Balaban J connectivity index is 2.36. The van der Waals surface area contributed by atoms with Gasteiger partial charge in [0.1, 0.15) is 6.04 Å². The summed E-state index contributed by atoms with van der Waals surface area (Å²) in [7, 11) is 0. The molecule has 2 rings (SSSR count). The van der Waals surface area contributed by atoms with E-state index in [2.05, 4.69) is 20.4 Å². The van der Waals surface area contributed by atoms with Gasteiger partial charge in [-0.05, 0) is 17.7 Å². The third kappa shape index (κ3) is 1.93. The zero-order chi connectivity index (χ0) is 11.8. The maximum absolute atomic E-state index is 12.5. The molecule has 0 radical (unpaired) electrons. The van der Waals surface area contributed by atoms with E-state index in [0.29, 0.717) is 5.56 Å². The Labute approximate surface area is 88.9 Å². The number of rotatable bonds is 1. The van der Waals surface area contributed by atoms with Crippen molar-refractivity contribution in [2.75, 3.05) is 0 Å². The predicted octanol–water partition coefficient (Wildman–Crippen LogP) is 2.82. The molecule has 0 spiro atoms. The van der Waals surface area contributed by atoms with Gasteiger partial charge in [-0.15, -0.1) is 5.10 Å². The average molecular weight is 228 g/mol. The van der Waals surface area contributed by atoms with E-state index >= 15 is 0 Å². The molecule has 7 heteroatoms. The van der Waals surface area contributed by atoms with E-state index in [9.17, 15) is 13.2 Å². The number of nitrogens with zero attached hydrogens (tertiary/aromatic N) is 4. The van der Waals surface area contributed by atoms with Crippen LogP contribution in [0.25, 0.3) is 0 Å². The fraction of sp³-hybridized carbons (Fsp3) is 0.333. The van der Waals surface area contributed by atoms with E-state index in [1.54, 1.807) is 19.2 Å². The minimum absolute atomic E-state index is 0.345. The fourth-order valence-electron chi connectivity index (χ4n) is 1.40. The van der Waals surface area contributed by atoms with E-state index in [1.807, 2.05) is 0 Å². The molecule has 16 heavy (non-hydrogen) atoms. The second kappa shape index (κ2) is 3.66. The van der Waals surface area contributed by atoms with Crippen molar-refractivity contribution in [2.45, 2.75) is 19.1 Å². The molecule has 1 unspecified atom stereocenters. The van der Waals surface area contributed by atoms with Gasteiger partial charge in [-0.2, -0.15) is 18.3 Å². The van der Waals surface area contributed by atoms with Gasteiger partial charge in [-0.3, -0.25) is 4.98 Å². The van der Waals surface area contributed by atoms with E-state index in [1.165, 1.54) is 6.20 Å². The standard InChI is InChI=1S/C9H7F3N4/c1-5-2-6(4-13-3-5)7-8(9(10,11)12)15-16-14-7/h2-4,7H,1H3. The molecule has 1 aliphatic rings. The second-order valence-corrected chi connectivity index (χ2v) is 3.39. The SMILES string of the molecule is Cc1cncc(C2N=NN=C2C(F)(F)F)c1. The molecule has 0 amide bonds. The van der Waals surface area contributed by atoms with Gasteiger partial charge in [0.25, 0.3) is 0 Å². The van der Waals surface area contributed by atoms with Gasteiger partial charge in [0.2, 0.25) is 0 Å². The van der Waals surface area contributed by atoms with Crippen molar-refractivity contribution in [1.29, 1.82) is 0 Å². The highest BCUT2D eigenvalue weighted by atomic mass is 19.4. The molecule has 1 atom stereocenters. The lowest BCUT2D eigenvalue weighted by Crippen LogP contribution is -2.26. The minimum Gasteiger partial charge on any atom is -0.264 e. The quantitative estimate of drug-likeness (QED) is 0.729. The molecular formula is C9H7F3N4. The lowest BCUT2D eigenvalue weighted by Gasteiger charge is -2.12. The minimum atomic E-state index is -4.52. The molecule has 1 aromatic rings. The van der Waals surface area contributed by atoms with Crippen LogP contribution in [0.15, 0.2) is 33.9 Å². The Morgan fingerprint density at radius 3 is 2.62 bits per heavy atom. The van der Waals surface area contributed by atoms with Crippen molar-refractivity contribution in [2.24, 2.45) is 15.4 Å². The van der Waals surface area contributed by atoms with Gasteiger partial charge in [-0.1, -0.05) is 6.07 Å². The van der Waals surface area contributed by atoms with Crippen LogP contribution in [0.2, 0.25) is 0 Å². The van der Waals surface area contributed by atoms with Crippen molar-refractivity contribution in [1.82, 2.24) is 4.98 Å². The third-order valence-electron chi connectivity index (χ3n) is 2.08. The molecular weight excluding hydrogens is 221 g/mol. The molecule has 1 aromatic heterocycles. The normalized spacial score (nSPS) is 20.0. The van der Waals surface area contributed by atoms with Gasteiger partial charge in [0.05, 0.1) is 0 Å². The van der Waals surface area contributed by atoms with Crippen LogP contribution in [0.5, 0.6) is 0 Å². The van der Waals surface area contributed by atoms with E-state index in [0.717, 1.165) is 5.56 Å². The van der Waals surface area contributed by atoms with Crippen LogP contribution < -0.4 is 0 Å². The van der Waals surface area contributed by atoms with Crippen molar-refractivity contribution in [3.8, 4) is 0 Å². The summed E-state index contributed by atoms with van der Waals surface area (Å²) in [5.41, 5.74) is 0.110. The van der Waals surface area contributed by atoms with Crippen LogP contribution in [-0.4, -0.2) is 16.9 Å². The monoisotopic (exact) mass is 228 g/mol. The Bertz CT molecular complexity index is 464. The predicted molar refractivity (Wildman–Crippen MR) is 50.1 cm³/mol. The van der Waals surface area contributed by atoms with Crippen molar-refractivity contribution in [3.05, 3.63) is 29.6 Å². The first-order chi connectivity index (χ1) is 7.48. The molecule has 0 aromatic carbocycles. The highest BCUT2D eigenvalue weighted by Crippen LogP contribution is 2.33. The van der Waals surface area contributed by atoms with Gasteiger partial charge < -0.3 is 0 Å². The Morgan fingerprint density at radius 2 is 2.00 bits per heavy atom. The third-order valence-corrected chi connectivity index (χ3v) is 2.08. The zero-order valence-corrected chi connectivity index (χ0v) is 8.23. The molecule has 84 valence electrons. The molecule has 0 bridgehead atoms. The molecule has 1 aliphatic heterocycles. The Morgan fingerprint density at radius 1 is 1.25 bits per heavy atom. The number of halogens is 3. The van der Waals surface area contributed by atoms with E-state index in [4.69, 9.17) is 0 Å². The van der Waals surface area contributed by atoms with Crippen molar-refractivity contribution < 1.29 is 13.2 Å². The summed E-state index contributed by atoms with van der Waals surface area (Å²) >= 11 is 0. The Kier molecular flexibility index (Phi) is 2.45. The van der Waals surface area contributed by atoms with Crippen LogP contribution in [0.4, 0.5) is 13.2 Å². The van der Waals surface area contributed by atoms with Crippen LogP contribution in [0.3, 0.4) is 0 Å². The summed E-state index contributed by atoms with van der Waals surface area (Å²) < 4.78 is 37.6. The maximum atomic E-state index is 12.5. The van der Waals surface area contributed by atoms with E-state index < -0.39 is 17.9 Å². The lowest BCUT2D eigenvalue weighted by atomic mass is 10.0. The Hall–Kier alpha value is -1.79. The molecule has 0 saturated heterocycles. The van der Waals surface area contributed by atoms with Crippen LogP contribution >= 0.6 is 0 Å². The van der Waals surface area contributed by atoms with Gasteiger partial charge >= 0.3 is 6.18 Å². The lowest BCUT2D eigenvalue weighted by molar-refractivity contribution is -0.0609. The highest BCUT2D eigenvalue weighted by Gasteiger charge is 2.44. The summed E-state index contributed by atoms with van der Waals surface area (Å²) in [5.74, 6) is 0. The van der Waals surface area contributed by atoms with Crippen LogP contribution in [-0.2, 0) is 0 Å². The summed E-state index contributed by atoms with van der Waals surface area (Å²) in [5, 5.41) is 9.56. The van der Waals surface area contributed by atoms with Crippen molar-refractivity contribution in [3.63, 3.8) is 0 Å². The average Bonchev–Trinajstić information content (AvgIpc) is 2.65. The van der Waals surface area contributed by atoms with Crippen molar-refractivity contribution >= 4 is 5.71 Å². The molecule has 0 aliphatic carbocycles. The molecule has 4 nitrogen and oxygen atoms in total. The largest absolute Gasteiger partial charge is 0.433 e. The number of alkyl halides is 3. The highest BCUT2D eigenvalue weighted by molar-refractivity contribution is 5.95. The molecule has 0 fully saturated rings. The summed E-state index contributed by atoms with van der Waals surface area (Å²) in [6.45, 7) is 1.74. The second-order valence-electron chi connectivity index (χ2n) is 3.39. The van der Waals surface area contributed by atoms with Crippen LogP contribution in [0, 0.1) is 6.92 Å². The fourth-order valence-corrected chi connectivity index (χ4v) is 1.40. The van der Waals surface area contributed by atoms with Crippen LogP contribution in [0.1, 0.15) is 17.2 Å². The number of hydrogen-bond acceptors (Lipinski definition) is 4. The summed E-state index contributed by atoms with van der Waals surface area (Å²) in [4.78, 5) is 3.82. The number of aromatic nitrogens is 1. The smallest absolute Gasteiger partial charge is 0.264 e. The summed E-state index contributed by atoms with van der Waals surface area (Å²) in [6, 6.07) is 0.399. The van der Waals surface area contributed by atoms with Gasteiger partial charge in [-0.25, -0.2) is 0 Å². The first-order valence-corrected chi connectivity index (χ1v) is 4.45. The first-order valence-electron chi connectivity index (χ1n) is 4.45. The topological polar surface area (TPSA) is 50.0 Å². The summed E-state index contributed by atoms with van der Waals surface area (Å²) in [6.07, 6.45) is -1.62. The number of pyridine rings is 1.